The molecule has 0 atom stereocenters. The van der Waals surface area contributed by atoms with Gasteiger partial charge in [0.25, 0.3) is 0 Å². The van der Waals surface area contributed by atoms with E-state index in [0.29, 0.717) is 19.6 Å². The maximum Gasteiger partial charge on any atom is 0.244 e. The summed E-state index contributed by atoms with van der Waals surface area (Å²) in [4.78, 5) is 16.2. The molecule has 2 heterocycles. The first-order chi connectivity index (χ1) is 14.2. The third-order valence-electron chi connectivity index (χ3n) is 5.23. The fraction of sp³-hybridized carbons (Fsp3) is 0.450. The fourth-order valence-corrected chi connectivity index (χ4v) is 5.05. The number of carbonyl (C=O) groups is 1. The van der Waals surface area contributed by atoms with Gasteiger partial charge in [0.1, 0.15) is 11.8 Å². The normalized spacial score (nSPS) is 15.4. The van der Waals surface area contributed by atoms with Crippen LogP contribution in [0.4, 0.5) is 0 Å². The number of sulfonamides is 1. The number of hydrogen-bond acceptors (Lipinski definition) is 7. The molecule has 0 unspecified atom stereocenters. The Balaban J connectivity index is 1.58. The zero-order valence-electron chi connectivity index (χ0n) is 17.3. The molecular formula is C20H25N5O4S. The highest BCUT2D eigenvalue weighted by Gasteiger charge is 2.31. The molecular weight excluding hydrogens is 406 g/mol. The van der Waals surface area contributed by atoms with E-state index in [4.69, 9.17) is 4.52 Å². The van der Waals surface area contributed by atoms with Crippen molar-refractivity contribution in [1.29, 1.82) is 5.26 Å². The molecule has 2 aromatic rings. The lowest BCUT2D eigenvalue weighted by Crippen LogP contribution is -2.52. The van der Waals surface area contributed by atoms with Gasteiger partial charge in [-0.2, -0.15) is 9.57 Å². The fourth-order valence-electron chi connectivity index (χ4n) is 3.49. The van der Waals surface area contributed by atoms with Gasteiger partial charge >= 0.3 is 0 Å². The van der Waals surface area contributed by atoms with Crippen molar-refractivity contribution in [3.05, 3.63) is 46.8 Å². The van der Waals surface area contributed by atoms with Crippen LogP contribution in [0.5, 0.6) is 0 Å². The van der Waals surface area contributed by atoms with E-state index < -0.39 is 10.0 Å². The Kier molecular flexibility index (Phi) is 6.55. The van der Waals surface area contributed by atoms with Gasteiger partial charge in [0.05, 0.1) is 22.7 Å². The standard InChI is InChI=1S/C20H25N5O4S/c1-15-18(16(2)29-22-15)13-23(3)14-20(26)24-8-10-25(11-9-24)30(27,28)19-7-5-4-6-17(19)12-21/h4-7H,8-11,13-14H2,1-3H3. The van der Waals surface area contributed by atoms with Crippen LogP contribution in [0, 0.1) is 25.2 Å². The Morgan fingerprint density at radius 1 is 1.23 bits per heavy atom. The highest BCUT2D eigenvalue weighted by molar-refractivity contribution is 7.89. The summed E-state index contributed by atoms with van der Waals surface area (Å²) >= 11 is 0. The SMILES string of the molecule is Cc1noc(C)c1CN(C)CC(=O)N1CCN(S(=O)(=O)c2ccccc2C#N)CC1. The molecule has 160 valence electrons. The van der Waals surface area contributed by atoms with E-state index in [9.17, 15) is 18.5 Å². The van der Waals surface area contributed by atoms with Crippen LogP contribution in [0.3, 0.4) is 0 Å². The zero-order valence-corrected chi connectivity index (χ0v) is 18.1. The number of carbonyl (C=O) groups excluding carboxylic acids is 1. The van der Waals surface area contributed by atoms with Gasteiger partial charge < -0.3 is 9.42 Å². The van der Waals surface area contributed by atoms with Crippen molar-refractivity contribution < 1.29 is 17.7 Å². The number of likely N-dealkylation sites (N-methyl/N-ethyl adjacent to an activating group) is 1. The minimum atomic E-state index is -3.78. The second-order valence-electron chi connectivity index (χ2n) is 7.37. The molecule has 0 bridgehead atoms. The van der Waals surface area contributed by atoms with Crippen LogP contribution in [0.25, 0.3) is 0 Å². The molecule has 9 nitrogen and oxygen atoms in total. The predicted octanol–water partition coefficient (Wildman–Crippen LogP) is 1.13. The maximum atomic E-state index is 12.9. The van der Waals surface area contributed by atoms with Crippen LogP contribution in [-0.4, -0.2) is 73.4 Å². The van der Waals surface area contributed by atoms with E-state index in [1.807, 2.05) is 31.9 Å². The summed E-state index contributed by atoms with van der Waals surface area (Å²) in [7, 11) is -1.93. The molecule has 10 heteroatoms. The third kappa shape index (κ3) is 4.53. The summed E-state index contributed by atoms with van der Waals surface area (Å²) in [6, 6.07) is 8.09. The molecule has 1 aromatic carbocycles. The van der Waals surface area contributed by atoms with Crippen molar-refractivity contribution in [3.8, 4) is 6.07 Å². The van der Waals surface area contributed by atoms with Crippen molar-refractivity contribution in [2.75, 3.05) is 39.8 Å². The number of hydrogen-bond donors (Lipinski definition) is 0. The van der Waals surface area contributed by atoms with E-state index in [0.717, 1.165) is 17.0 Å². The first-order valence-electron chi connectivity index (χ1n) is 9.61. The minimum absolute atomic E-state index is 0.00599. The molecule has 30 heavy (non-hydrogen) atoms. The second-order valence-corrected chi connectivity index (χ2v) is 9.27. The topological polar surface area (TPSA) is 111 Å². The third-order valence-corrected chi connectivity index (χ3v) is 7.19. The van der Waals surface area contributed by atoms with Crippen LogP contribution in [0.15, 0.2) is 33.7 Å². The summed E-state index contributed by atoms with van der Waals surface area (Å²) in [5.74, 6) is 0.682. The zero-order chi connectivity index (χ0) is 21.9. The number of benzene rings is 1. The Morgan fingerprint density at radius 3 is 2.50 bits per heavy atom. The van der Waals surface area contributed by atoms with Gasteiger partial charge in [-0.1, -0.05) is 17.3 Å². The summed E-state index contributed by atoms with van der Waals surface area (Å²) in [5.41, 5.74) is 1.90. The second kappa shape index (κ2) is 8.95. The van der Waals surface area contributed by atoms with Gasteiger partial charge in [-0.25, -0.2) is 8.42 Å². The lowest BCUT2D eigenvalue weighted by atomic mass is 10.2. The van der Waals surface area contributed by atoms with Gasteiger partial charge in [0.2, 0.25) is 15.9 Å². The van der Waals surface area contributed by atoms with Gasteiger partial charge in [-0.05, 0) is 33.0 Å². The Labute approximate surface area is 176 Å². The number of piperazine rings is 1. The average Bonchev–Trinajstić information content (AvgIpc) is 3.05. The van der Waals surface area contributed by atoms with E-state index in [1.54, 1.807) is 17.0 Å². The maximum absolute atomic E-state index is 12.9. The summed E-state index contributed by atoms with van der Waals surface area (Å²) in [6.45, 7) is 5.49. The minimum Gasteiger partial charge on any atom is -0.361 e. The summed E-state index contributed by atoms with van der Waals surface area (Å²) in [6.07, 6.45) is 0. The van der Waals surface area contributed by atoms with E-state index in [2.05, 4.69) is 5.16 Å². The molecule has 1 amide bonds. The number of rotatable bonds is 6. The first kappa shape index (κ1) is 22.0. The molecule has 1 saturated heterocycles. The Bertz CT molecular complexity index is 1050. The highest BCUT2D eigenvalue weighted by atomic mass is 32.2. The van der Waals surface area contributed by atoms with Crippen molar-refractivity contribution in [1.82, 2.24) is 19.3 Å². The predicted molar refractivity (Wildman–Crippen MR) is 109 cm³/mol. The molecule has 0 spiro atoms. The van der Waals surface area contributed by atoms with Gasteiger partial charge in [-0.15, -0.1) is 0 Å². The molecule has 3 rings (SSSR count). The van der Waals surface area contributed by atoms with E-state index >= 15 is 0 Å². The van der Waals surface area contributed by atoms with Gasteiger partial charge in [0.15, 0.2) is 0 Å². The largest absolute Gasteiger partial charge is 0.361 e. The molecule has 0 N–H and O–H groups in total. The lowest BCUT2D eigenvalue weighted by Gasteiger charge is -2.35. The summed E-state index contributed by atoms with van der Waals surface area (Å²) in [5, 5.41) is 13.1. The monoisotopic (exact) mass is 431 g/mol. The number of aryl methyl sites for hydroxylation is 2. The molecule has 0 saturated carbocycles. The highest BCUT2D eigenvalue weighted by Crippen LogP contribution is 2.21. The summed E-state index contributed by atoms with van der Waals surface area (Å²) < 4.78 is 32.3. The quantitative estimate of drug-likeness (QED) is 0.674. The molecule has 1 aliphatic rings. The van der Waals surface area contributed by atoms with Crippen molar-refractivity contribution in [3.63, 3.8) is 0 Å². The number of aromatic nitrogens is 1. The van der Waals surface area contributed by atoms with Crippen LogP contribution in [0.1, 0.15) is 22.6 Å². The first-order valence-corrected chi connectivity index (χ1v) is 11.1. The lowest BCUT2D eigenvalue weighted by molar-refractivity contribution is -0.133. The molecule has 0 aliphatic carbocycles. The number of nitriles is 1. The van der Waals surface area contributed by atoms with Crippen molar-refractivity contribution in [2.45, 2.75) is 25.3 Å². The van der Waals surface area contributed by atoms with Crippen LogP contribution >= 0.6 is 0 Å². The number of amides is 1. The number of nitrogens with zero attached hydrogens (tertiary/aromatic N) is 5. The Morgan fingerprint density at radius 2 is 1.90 bits per heavy atom. The smallest absolute Gasteiger partial charge is 0.244 e. The molecule has 1 fully saturated rings. The van der Waals surface area contributed by atoms with Crippen LogP contribution < -0.4 is 0 Å². The van der Waals surface area contributed by atoms with Crippen molar-refractivity contribution in [2.24, 2.45) is 0 Å². The average molecular weight is 432 g/mol. The Hall–Kier alpha value is -2.74. The van der Waals surface area contributed by atoms with E-state index in [1.165, 1.54) is 16.4 Å². The molecule has 1 aliphatic heterocycles. The molecule has 1 aromatic heterocycles. The molecule has 0 radical (unpaired) electrons. The van der Waals surface area contributed by atoms with Crippen LogP contribution in [-0.2, 0) is 21.4 Å². The van der Waals surface area contributed by atoms with Crippen LogP contribution in [0.2, 0.25) is 0 Å². The van der Waals surface area contributed by atoms with Crippen molar-refractivity contribution >= 4 is 15.9 Å². The van der Waals surface area contributed by atoms with Gasteiger partial charge in [-0.3, -0.25) is 9.69 Å². The van der Waals surface area contributed by atoms with E-state index in [-0.39, 0.29) is 36.0 Å². The van der Waals surface area contributed by atoms with Gasteiger partial charge in [0, 0.05) is 38.3 Å².